The minimum atomic E-state index is -0.0482. The second-order valence-corrected chi connectivity index (χ2v) is 8.61. The molecule has 0 N–H and O–H groups in total. The largest absolute Gasteiger partial charge is 0.356 e. The number of carbonyl (C=O) groups is 1. The molecule has 0 aliphatic carbocycles. The summed E-state index contributed by atoms with van der Waals surface area (Å²) in [4.78, 5) is 26.9. The Kier molecular flexibility index (Phi) is 6.31. The van der Waals surface area contributed by atoms with Crippen molar-refractivity contribution in [3.63, 3.8) is 0 Å². The van der Waals surface area contributed by atoms with Gasteiger partial charge in [-0.2, -0.15) is 0 Å². The lowest BCUT2D eigenvalue weighted by Gasteiger charge is -2.32. The Morgan fingerprint density at radius 3 is 2.42 bits per heavy atom. The van der Waals surface area contributed by atoms with Crippen molar-refractivity contribution in [3.05, 3.63) is 77.5 Å². The Balaban J connectivity index is 1.66. The van der Waals surface area contributed by atoms with E-state index in [1.165, 1.54) is 5.56 Å². The van der Waals surface area contributed by atoms with Gasteiger partial charge in [0.25, 0.3) is 5.91 Å². The standard InChI is InChI=1S/C26H30N4O/c1-19-9-11-22(12-10-19)24-27-17-23(25(28-24)30-15-13-20(2)14-16-30)26(31)29(3)18-21-7-5-4-6-8-21/h4-12,17,20H,13-16,18H2,1-3H3. The van der Waals surface area contributed by atoms with E-state index in [1.807, 2.05) is 49.5 Å². The molecule has 2 heterocycles. The normalized spacial score (nSPS) is 14.5. The van der Waals surface area contributed by atoms with Crippen molar-refractivity contribution >= 4 is 11.7 Å². The maximum atomic E-state index is 13.4. The molecule has 0 saturated carbocycles. The molecule has 1 aliphatic heterocycles. The first-order valence-corrected chi connectivity index (χ1v) is 11.0. The fraction of sp³-hybridized carbons (Fsp3) is 0.346. The van der Waals surface area contributed by atoms with Crippen LogP contribution in [0.25, 0.3) is 11.4 Å². The Labute approximate surface area is 184 Å². The molecule has 1 aliphatic rings. The third-order valence-electron chi connectivity index (χ3n) is 6.00. The highest BCUT2D eigenvalue weighted by molar-refractivity contribution is 5.98. The third kappa shape index (κ3) is 4.93. The smallest absolute Gasteiger partial charge is 0.259 e. The molecular formula is C26H30N4O. The highest BCUT2D eigenvalue weighted by Crippen LogP contribution is 2.28. The molecule has 1 fully saturated rings. The van der Waals surface area contributed by atoms with E-state index < -0.39 is 0 Å². The molecule has 0 unspecified atom stereocenters. The van der Waals surface area contributed by atoms with E-state index in [0.717, 1.165) is 42.9 Å². The van der Waals surface area contributed by atoms with Gasteiger partial charge in [-0.05, 0) is 31.2 Å². The van der Waals surface area contributed by atoms with Gasteiger partial charge < -0.3 is 9.80 Å². The van der Waals surface area contributed by atoms with Gasteiger partial charge in [-0.3, -0.25) is 4.79 Å². The van der Waals surface area contributed by atoms with Crippen molar-refractivity contribution in [2.45, 2.75) is 33.2 Å². The van der Waals surface area contributed by atoms with Crippen molar-refractivity contribution in [2.24, 2.45) is 5.92 Å². The average Bonchev–Trinajstić information content (AvgIpc) is 2.80. The fourth-order valence-electron chi connectivity index (χ4n) is 3.96. The van der Waals surface area contributed by atoms with Gasteiger partial charge in [0.05, 0.1) is 0 Å². The quantitative estimate of drug-likeness (QED) is 0.592. The van der Waals surface area contributed by atoms with Crippen molar-refractivity contribution in [1.29, 1.82) is 0 Å². The minimum Gasteiger partial charge on any atom is -0.356 e. The number of carbonyl (C=O) groups excluding carboxylic acids is 1. The van der Waals surface area contributed by atoms with E-state index in [2.05, 4.69) is 35.9 Å². The summed E-state index contributed by atoms with van der Waals surface area (Å²) in [5.41, 5.74) is 3.84. The molecule has 2 aromatic carbocycles. The van der Waals surface area contributed by atoms with Crippen molar-refractivity contribution in [2.75, 3.05) is 25.0 Å². The summed E-state index contributed by atoms with van der Waals surface area (Å²) in [5, 5.41) is 0. The Bertz CT molecular complexity index is 1030. The second kappa shape index (κ2) is 9.29. The maximum Gasteiger partial charge on any atom is 0.259 e. The molecule has 0 radical (unpaired) electrons. The second-order valence-electron chi connectivity index (χ2n) is 8.61. The fourth-order valence-corrected chi connectivity index (χ4v) is 3.96. The molecule has 160 valence electrons. The first kappa shape index (κ1) is 21.0. The number of rotatable bonds is 5. The van der Waals surface area contributed by atoms with Crippen LogP contribution >= 0.6 is 0 Å². The minimum absolute atomic E-state index is 0.0482. The number of hydrogen-bond donors (Lipinski definition) is 0. The Hall–Kier alpha value is -3.21. The van der Waals surface area contributed by atoms with E-state index >= 15 is 0 Å². The van der Waals surface area contributed by atoms with Crippen LogP contribution in [0.5, 0.6) is 0 Å². The van der Waals surface area contributed by atoms with Crippen LogP contribution in [-0.4, -0.2) is 40.9 Å². The monoisotopic (exact) mass is 414 g/mol. The molecule has 3 aromatic rings. The van der Waals surface area contributed by atoms with Gasteiger partial charge in [0.1, 0.15) is 11.4 Å². The van der Waals surface area contributed by atoms with Crippen molar-refractivity contribution in [3.8, 4) is 11.4 Å². The van der Waals surface area contributed by atoms with Gasteiger partial charge in [-0.25, -0.2) is 9.97 Å². The first-order valence-electron chi connectivity index (χ1n) is 11.0. The van der Waals surface area contributed by atoms with Crippen LogP contribution in [0.2, 0.25) is 0 Å². The summed E-state index contributed by atoms with van der Waals surface area (Å²) in [6, 6.07) is 18.2. The van der Waals surface area contributed by atoms with Gasteiger partial charge in [0.15, 0.2) is 5.82 Å². The molecule has 31 heavy (non-hydrogen) atoms. The summed E-state index contributed by atoms with van der Waals surface area (Å²) in [7, 11) is 1.84. The average molecular weight is 415 g/mol. The van der Waals surface area contributed by atoms with Crippen LogP contribution in [-0.2, 0) is 6.54 Å². The van der Waals surface area contributed by atoms with E-state index in [1.54, 1.807) is 11.1 Å². The van der Waals surface area contributed by atoms with Gasteiger partial charge in [0, 0.05) is 38.4 Å². The lowest BCUT2D eigenvalue weighted by atomic mass is 9.99. The molecule has 0 bridgehead atoms. The number of aromatic nitrogens is 2. The highest BCUT2D eigenvalue weighted by atomic mass is 16.2. The zero-order chi connectivity index (χ0) is 21.8. The van der Waals surface area contributed by atoms with Crippen LogP contribution < -0.4 is 4.90 Å². The Morgan fingerprint density at radius 1 is 1.06 bits per heavy atom. The summed E-state index contributed by atoms with van der Waals surface area (Å²) in [6.07, 6.45) is 3.92. The molecule has 0 atom stereocenters. The third-order valence-corrected chi connectivity index (χ3v) is 6.00. The van der Waals surface area contributed by atoms with Gasteiger partial charge in [0.2, 0.25) is 0 Å². The van der Waals surface area contributed by atoms with Gasteiger partial charge >= 0.3 is 0 Å². The Morgan fingerprint density at radius 2 is 1.74 bits per heavy atom. The van der Waals surface area contributed by atoms with Gasteiger partial charge in [-0.1, -0.05) is 67.1 Å². The molecule has 1 amide bonds. The molecule has 5 heteroatoms. The van der Waals surface area contributed by atoms with Crippen molar-refractivity contribution in [1.82, 2.24) is 14.9 Å². The SMILES string of the molecule is Cc1ccc(-c2ncc(C(=O)N(C)Cc3ccccc3)c(N3CCC(C)CC3)n2)cc1. The van der Waals surface area contributed by atoms with Crippen LogP contribution in [0.4, 0.5) is 5.82 Å². The maximum absolute atomic E-state index is 13.4. The zero-order valence-electron chi connectivity index (χ0n) is 18.6. The summed E-state index contributed by atoms with van der Waals surface area (Å²) in [5.74, 6) is 2.07. The van der Waals surface area contributed by atoms with Crippen LogP contribution in [0.1, 0.15) is 41.3 Å². The number of amides is 1. The van der Waals surface area contributed by atoms with Gasteiger partial charge in [-0.15, -0.1) is 0 Å². The molecule has 0 spiro atoms. The predicted octanol–water partition coefficient (Wildman–Crippen LogP) is 4.96. The zero-order valence-corrected chi connectivity index (χ0v) is 18.6. The molecule has 1 aromatic heterocycles. The summed E-state index contributed by atoms with van der Waals surface area (Å²) in [6.45, 7) is 6.72. The molecule has 4 rings (SSSR count). The number of anilines is 1. The molecule has 5 nitrogen and oxygen atoms in total. The van der Waals surface area contributed by atoms with Crippen LogP contribution in [0, 0.1) is 12.8 Å². The number of piperidine rings is 1. The summed E-state index contributed by atoms with van der Waals surface area (Å²) < 4.78 is 0. The first-order chi connectivity index (χ1) is 15.0. The number of nitrogens with zero attached hydrogens (tertiary/aromatic N) is 4. The molecule has 1 saturated heterocycles. The highest BCUT2D eigenvalue weighted by Gasteiger charge is 2.25. The predicted molar refractivity (Wildman–Crippen MR) is 125 cm³/mol. The molecular weight excluding hydrogens is 384 g/mol. The van der Waals surface area contributed by atoms with Crippen molar-refractivity contribution < 1.29 is 4.79 Å². The number of hydrogen-bond acceptors (Lipinski definition) is 4. The summed E-state index contributed by atoms with van der Waals surface area (Å²) >= 11 is 0. The lowest BCUT2D eigenvalue weighted by molar-refractivity contribution is 0.0785. The van der Waals surface area contributed by atoms with E-state index in [-0.39, 0.29) is 5.91 Å². The topological polar surface area (TPSA) is 49.3 Å². The lowest BCUT2D eigenvalue weighted by Crippen LogP contribution is -2.36. The van der Waals surface area contributed by atoms with E-state index in [4.69, 9.17) is 4.98 Å². The van der Waals surface area contributed by atoms with E-state index in [9.17, 15) is 4.79 Å². The number of aryl methyl sites for hydroxylation is 1. The van der Waals surface area contributed by atoms with Crippen LogP contribution in [0.15, 0.2) is 60.8 Å². The number of benzene rings is 2. The van der Waals surface area contributed by atoms with Crippen LogP contribution in [0.3, 0.4) is 0 Å². The van der Waals surface area contributed by atoms with E-state index in [0.29, 0.717) is 23.9 Å².